The average Bonchev–Trinajstić information content (AvgIpc) is 3.48. The van der Waals surface area contributed by atoms with Crippen LogP contribution in [0.15, 0.2) is 24.3 Å². The maximum atomic E-state index is 5.40. The first kappa shape index (κ1) is 21.2. The Morgan fingerprint density at radius 2 is 1.77 bits per heavy atom. The zero-order valence-corrected chi connectivity index (χ0v) is 19.0. The van der Waals surface area contributed by atoms with Gasteiger partial charge in [-0.3, -0.25) is 0 Å². The molecule has 4 rings (SSSR count). The van der Waals surface area contributed by atoms with E-state index >= 15 is 0 Å². The molecular formula is C23H38N6O+2. The van der Waals surface area contributed by atoms with Crippen LogP contribution >= 0.6 is 0 Å². The van der Waals surface area contributed by atoms with Crippen molar-refractivity contribution in [2.45, 2.75) is 70.5 Å². The fourth-order valence-electron chi connectivity index (χ4n) is 5.24. The van der Waals surface area contributed by atoms with Crippen molar-refractivity contribution in [1.82, 2.24) is 20.2 Å². The molecule has 1 aromatic carbocycles. The first-order chi connectivity index (χ1) is 14.5. The Bertz CT molecular complexity index is 803. The molecule has 2 aliphatic rings. The quantitative estimate of drug-likeness (QED) is 0.698. The van der Waals surface area contributed by atoms with Crippen LogP contribution in [-0.2, 0) is 5.54 Å². The number of quaternary nitrogens is 2. The van der Waals surface area contributed by atoms with E-state index < -0.39 is 0 Å². The highest BCUT2D eigenvalue weighted by molar-refractivity contribution is 5.30. The van der Waals surface area contributed by atoms with Crippen molar-refractivity contribution >= 4 is 0 Å². The second-order valence-corrected chi connectivity index (χ2v) is 9.62. The number of ether oxygens (including phenoxy) is 1. The monoisotopic (exact) mass is 414 g/mol. The topological polar surface area (TPSA) is 61.7 Å². The Labute approximate surface area is 180 Å². The molecule has 1 atom stereocenters. The van der Waals surface area contributed by atoms with Gasteiger partial charge in [0.15, 0.2) is 6.04 Å². The molecule has 2 heterocycles. The van der Waals surface area contributed by atoms with Gasteiger partial charge >= 0.3 is 0 Å². The minimum Gasteiger partial charge on any atom is -0.497 e. The van der Waals surface area contributed by atoms with Gasteiger partial charge in [-0.05, 0) is 80.6 Å². The van der Waals surface area contributed by atoms with Crippen LogP contribution in [-0.4, -0.2) is 59.5 Å². The molecule has 0 bridgehead atoms. The summed E-state index contributed by atoms with van der Waals surface area (Å²) in [5, 5.41) is 13.1. The lowest BCUT2D eigenvalue weighted by Crippen LogP contribution is -3.29. The highest BCUT2D eigenvalue weighted by Gasteiger charge is 2.39. The number of nitrogens with one attached hydrogen (secondary N) is 2. The van der Waals surface area contributed by atoms with Crippen molar-refractivity contribution in [1.29, 1.82) is 0 Å². The first-order valence-corrected chi connectivity index (χ1v) is 11.7. The summed E-state index contributed by atoms with van der Waals surface area (Å²) >= 11 is 0. The number of benzene rings is 1. The largest absolute Gasteiger partial charge is 0.497 e. The van der Waals surface area contributed by atoms with Crippen molar-refractivity contribution in [2.75, 3.05) is 33.3 Å². The lowest BCUT2D eigenvalue weighted by Gasteiger charge is -2.37. The van der Waals surface area contributed by atoms with Crippen LogP contribution in [0.3, 0.4) is 0 Å². The summed E-state index contributed by atoms with van der Waals surface area (Å²) in [5.74, 6) is 1.86. The van der Waals surface area contributed by atoms with Crippen LogP contribution in [0, 0.1) is 0 Å². The van der Waals surface area contributed by atoms with Gasteiger partial charge in [-0.15, -0.1) is 5.10 Å². The normalized spacial score (nSPS) is 24.1. The summed E-state index contributed by atoms with van der Waals surface area (Å²) in [6.07, 6.45) is 6.64. The second kappa shape index (κ2) is 9.02. The summed E-state index contributed by atoms with van der Waals surface area (Å²) in [4.78, 5) is 3.39. The van der Waals surface area contributed by atoms with Crippen molar-refractivity contribution in [3.8, 4) is 5.75 Å². The molecule has 164 valence electrons. The molecule has 2 fully saturated rings. The van der Waals surface area contributed by atoms with Gasteiger partial charge in [0.1, 0.15) is 31.9 Å². The molecule has 0 radical (unpaired) electrons. The van der Waals surface area contributed by atoms with E-state index in [0.29, 0.717) is 0 Å². The highest BCUT2D eigenvalue weighted by Crippen LogP contribution is 2.26. The summed E-state index contributed by atoms with van der Waals surface area (Å²) in [5.41, 5.74) is 1.15. The molecule has 1 aliphatic carbocycles. The summed E-state index contributed by atoms with van der Waals surface area (Å²) in [6.45, 7) is 11.4. The van der Waals surface area contributed by atoms with E-state index in [-0.39, 0.29) is 11.6 Å². The molecule has 0 unspecified atom stereocenters. The Hall–Kier alpha value is -1.99. The molecule has 2 aromatic rings. The maximum Gasteiger partial charge on any atom is 0.214 e. The van der Waals surface area contributed by atoms with E-state index in [4.69, 9.17) is 4.74 Å². The molecule has 7 nitrogen and oxygen atoms in total. The number of hydrogen-bond donors (Lipinski definition) is 2. The van der Waals surface area contributed by atoms with Gasteiger partial charge in [0.25, 0.3) is 0 Å². The number of nitrogens with zero attached hydrogens (tertiary/aromatic N) is 4. The third-order valence-corrected chi connectivity index (χ3v) is 7.51. The number of hydrogen-bond acceptors (Lipinski definition) is 4. The van der Waals surface area contributed by atoms with Gasteiger partial charge in [0.2, 0.25) is 5.82 Å². The van der Waals surface area contributed by atoms with Crippen molar-refractivity contribution in [2.24, 2.45) is 0 Å². The Kier molecular flexibility index (Phi) is 6.39. The minimum atomic E-state index is -0.111. The molecule has 1 aromatic heterocycles. The van der Waals surface area contributed by atoms with Gasteiger partial charge in [-0.2, -0.15) is 0 Å². The summed E-state index contributed by atoms with van der Waals surface area (Å²) < 4.78 is 7.46. The van der Waals surface area contributed by atoms with E-state index in [1.807, 2.05) is 4.90 Å². The van der Waals surface area contributed by atoms with Crippen LogP contribution < -0.4 is 14.5 Å². The van der Waals surface area contributed by atoms with Crippen LogP contribution in [0.25, 0.3) is 0 Å². The number of aromatic nitrogens is 4. The molecule has 7 heteroatoms. The standard InChI is InChI=1S/C23H36N6O/c1-5-23(2,3)29-22(24-25-26-29)21(18-10-12-20(30-4)13-11-18)28-16-14-27(15-17-28)19-8-6-7-9-19/h10-13,19,21H,5-9,14-17H2,1-4H3/p+2/t21-/m1/s1. The Morgan fingerprint density at radius 3 is 2.37 bits per heavy atom. The molecule has 1 saturated heterocycles. The van der Waals surface area contributed by atoms with Crippen molar-refractivity contribution < 1.29 is 14.5 Å². The number of piperazine rings is 1. The van der Waals surface area contributed by atoms with Crippen LogP contribution in [0.2, 0.25) is 0 Å². The maximum absolute atomic E-state index is 5.40. The van der Waals surface area contributed by atoms with Gasteiger partial charge in [0, 0.05) is 5.56 Å². The molecular weight excluding hydrogens is 376 g/mol. The first-order valence-electron chi connectivity index (χ1n) is 11.7. The van der Waals surface area contributed by atoms with Crippen molar-refractivity contribution in [3.63, 3.8) is 0 Å². The van der Waals surface area contributed by atoms with Crippen LogP contribution in [0.1, 0.15) is 70.3 Å². The van der Waals surface area contributed by atoms with Gasteiger partial charge < -0.3 is 14.5 Å². The number of rotatable bonds is 7. The lowest BCUT2D eigenvalue weighted by atomic mass is 9.99. The smallest absolute Gasteiger partial charge is 0.214 e. The molecule has 1 saturated carbocycles. The van der Waals surface area contributed by atoms with Gasteiger partial charge in [-0.25, -0.2) is 4.68 Å². The molecule has 2 N–H and O–H groups in total. The fraction of sp³-hybridized carbons (Fsp3) is 0.696. The van der Waals surface area contributed by atoms with Gasteiger partial charge in [-0.1, -0.05) is 6.92 Å². The average molecular weight is 415 g/mol. The van der Waals surface area contributed by atoms with Crippen molar-refractivity contribution in [3.05, 3.63) is 35.7 Å². The van der Waals surface area contributed by atoms with Crippen LogP contribution in [0.5, 0.6) is 5.75 Å². The third-order valence-electron chi connectivity index (χ3n) is 7.51. The predicted molar refractivity (Wildman–Crippen MR) is 116 cm³/mol. The number of methoxy groups -OCH3 is 1. The fourth-order valence-corrected chi connectivity index (χ4v) is 5.24. The zero-order valence-electron chi connectivity index (χ0n) is 19.0. The molecule has 1 aliphatic heterocycles. The Morgan fingerprint density at radius 1 is 1.10 bits per heavy atom. The van der Waals surface area contributed by atoms with E-state index in [0.717, 1.165) is 37.1 Å². The third kappa shape index (κ3) is 4.23. The van der Waals surface area contributed by atoms with E-state index in [1.54, 1.807) is 12.0 Å². The Balaban J connectivity index is 1.63. The second-order valence-electron chi connectivity index (χ2n) is 9.62. The zero-order chi connectivity index (χ0) is 21.1. The minimum absolute atomic E-state index is 0.111. The summed E-state index contributed by atoms with van der Waals surface area (Å²) in [7, 11) is 1.72. The lowest BCUT2D eigenvalue weighted by molar-refractivity contribution is -1.03. The van der Waals surface area contributed by atoms with E-state index in [1.165, 1.54) is 44.3 Å². The summed E-state index contributed by atoms with van der Waals surface area (Å²) in [6, 6.07) is 9.51. The molecule has 0 spiro atoms. The predicted octanol–water partition coefficient (Wildman–Crippen LogP) is 0.642. The molecule has 30 heavy (non-hydrogen) atoms. The SMILES string of the molecule is CCC(C)(C)n1nnnc1[C@@H](c1ccc(OC)cc1)[NH+]1CC[NH+](C2CCCC2)CC1. The number of tetrazole rings is 1. The van der Waals surface area contributed by atoms with E-state index in [9.17, 15) is 0 Å². The van der Waals surface area contributed by atoms with E-state index in [2.05, 4.69) is 65.2 Å². The molecule has 0 amide bonds. The highest BCUT2D eigenvalue weighted by atomic mass is 16.5. The van der Waals surface area contributed by atoms with Crippen LogP contribution in [0.4, 0.5) is 0 Å². The van der Waals surface area contributed by atoms with Gasteiger partial charge in [0.05, 0.1) is 18.7 Å².